The van der Waals surface area contributed by atoms with Crippen LogP contribution in [-0.2, 0) is 0 Å². The van der Waals surface area contributed by atoms with Crippen molar-refractivity contribution in [1.82, 2.24) is 20.2 Å². The molecule has 0 saturated heterocycles. The van der Waals surface area contributed by atoms with Gasteiger partial charge in [-0.05, 0) is 6.92 Å². The highest BCUT2D eigenvalue weighted by Crippen LogP contribution is 2.12. The first-order chi connectivity index (χ1) is 5.86. The zero-order valence-corrected chi connectivity index (χ0v) is 6.65. The number of nitrogens with zero attached hydrogens (tertiary/aromatic N) is 3. The van der Waals surface area contributed by atoms with E-state index in [2.05, 4.69) is 20.2 Å². The van der Waals surface area contributed by atoms with Gasteiger partial charge < -0.3 is 0 Å². The van der Waals surface area contributed by atoms with Gasteiger partial charge >= 0.3 is 0 Å². The van der Waals surface area contributed by atoms with E-state index in [1.165, 1.54) is 0 Å². The van der Waals surface area contributed by atoms with Gasteiger partial charge in [-0.2, -0.15) is 5.10 Å². The highest BCUT2D eigenvalue weighted by atomic mass is 15.1. The minimum Gasteiger partial charge on any atom is -0.285 e. The lowest BCUT2D eigenvalue weighted by Gasteiger charge is -1.94. The number of aromatic nitrogens is 4. The van der Waals surface area contributed by atoms with E-state index in [1.54, 1.807) is 24.8 Å². The van der Waals surface area contributed by atoms with Crippen molar-refractivity contribution in [1.29, 1.82) is 0 Å². The average molecular weight is 160 g/mol. The second kappa shape index (κ2) is 2.73. The molecule has 4 heteroatoms. The number of nitrogens with one attached hydrogen (secondary N) is 1. The van der Waals surface area contributed by atoms with Crippen LogP contribution >= 0.6 is 0 Å². The molecule has 0 aliphatic carbocycles. The number of hydrogen-bond donors (Lipinski definition) is 1. The Morgan fingerprint density at radius 1 is 1.17 bits per heavy atom. The Morgan fingerprint density at radius 2 is 2.08 bits per heavy atom. The van der Waals surface area contributed by atoms with Crippen molar-refractivity contribution in [2.24, 2.45) is 0 Å². The normalized spacial score (nSPS) is 10.1. The molecule has 0 saturated carbocycles. The smallest absolute Gasteiger partial charge is 0.0916 e. The summed E-state index contributed by atoms with van der Waals surface area (Å²) in [6.45, 7) is 1.91. The van der Waals surface area contributed by atoms with Crippen molar-refractivity contribution in [2.45, 2.75) is 6.92 Å². The molecule has 0 fully saturated rings. The monoisotopic (exact) mass is 160 g/mol. The summed E-state index contributed by atoms with van der Waals surface area (Å²) in [5.41, 5.74) is 2.72. The van der Waals surface area contributed by atoms with E-state index in [9.17, 15) is 0 Å². The standard InChI is InChI=1S/C8H8N4/c1-6-2-10-8(5-9-6)7-3-11-12-4-7/h2-5H,1H3,(H,11,12). The first kappa shape index (κ1) is 6.97. The third-order valence-corrected chi connectivity index (χ3v) is 1.57. The predicted molar refractivity (Wildman–Crippen MR) is 44.4 cm³/mol. The maximum absolute atomic E-state index is 4.20. The molecule has 0 amide bonds. The Bertz CT molecular complexity index is 349. The molecule has 0 aliphatic rings. The van der Waals surface area contributed by atoms with E-state index in [0.717, 1.165) is 17.0 Å². The van der Waals surface area contributed by atoms with Crippen LogP contribution in [0.5, 0.6) is 0 Å². The first-order valence-electron chi connectivity index (χ1n) is 3.64. The Hall–Kier alpha value is -1.71. The molecule has 4 nitrogen and oxygen atoms in total. The molecule has 2 rings (SSSR count). The van der Waals surface area contributed by atoms with Gasteiger partial charge in [-0.25, -0.2) is 0 Å². The van der Waals surface area contributed by atoms with Crippen LogP contribution in [0.1, 0.15) is 5.69 Å². The number of hydrogen-bond acceptors (Lipinski definition) is 3. The third-order valence-electron chi connectivity index (χ3n) is 1.57. The van der Waals surface area contributed by atoms with Crippen molar-refractivity contribution in [3.05, 3.63) is 30.5 Å². The molecule has 2 aromatic heterocycles. The Kier molecular flexibility index (Phi) is 1.59. The molecule has 0 unspecified atom stereocenters. The van der Waals surface area contributed by atoms with Crippen LogP contribution < -0.4 is 0 Å². The topological polar surface area (TPSA) is 54.5 Å². The number of rotatable bonds is 1. The second-order valence-electron chi connectivity index (χ2n) is 2.53. The highest BCUT2D eigenvalue weighted by Gasteiger charge is 1.98. The molecule has 0 radical (unpaired) electrons. The summed E-state index contributed by atoms with van der Waals surface area (Å²) >= 11 is 0. The predicted octanol–water partition coefficient (Wildman–Crippen LogP) is 1.18. The van der Waals surface area contributed by atoms with Crippen molar-refractivity contribution in [3.8, 4) is 11.3 Å². The van der Waals surface area contributed by atoms with E-state index >= 15 is 0 Å². The molecule has 1 N–H and O–H groups in total. The van der Waals surface area contributed by atoms with Crippen molar-refractivity contribution >= 4 is 0 Å². The van der Waals surface area contributed by atoms with E-state index < -0.39 is 0 Å². The Labute approximate surface area is 69.7 Å². The summed E-state index contributed by atoms with van der Waals surface area (Å²) < 4.78 is 0. The minimum atomic E-state index is 0.842. The molecule has 0 atom stereocenters. The molecular formula is C8H8N4. The quantitative estimate of drug-likeness (QED) is 0.681. The fraction of sp³-hybridized carbons (Fsp3) is 0.125. The summed E-state index contributed by atoms with van der Waals surface area (Å²) in [6, 6.07) is 0. The highest BCUT2D eigenvalue weighted by molar-refractivity contribution is 5.54. The van der Waals surface area contributed by atoms with Crippen LogP contribution in [0.2, 0.25) is 0 Å². The lowest BCUT2D eigenvalue weighted by atomic mass is 10.3. The lowest BCUT2D eigenvalue weighted by Crippen LogP contribution is -1.85. The molecule has 2 heterocycles. The molecule has 0 aromatic carbocycles. The number of aryl methyl sites for hydroxylation is 1. The minimum absolute atomic E-state index is 0.842. The summed E-state index contributed by atoms with van der Waals surface area (Å²) in [6.07, 6.45) is 6.99. The number of H-pyrrole nitrogens is 1. The van der Waals surface area contributed by atoms with Crippen LogP contribution in [-0.4, -0.2) is 20.2 Å². The van der Waals surface area contributed by atoms with Crippen LogP contribution in [0.15, 0.2) is 24.8 Å². The molecule has 0 bridgehead atoms. The van der Waals surface area contributed by atoms with Gasteiger partial charge in [0.15, 0.2) is 0 Å². The zero-order chi connectivity index (χ0) is 8.39. The van der Waals surface area contributed by atoms with Crippen LogP contribution in [0, 0.1) is 6.92 Å². The van der Waals surface area contributed by atoms with Gasteiger partial charge in [-0.1, -0.05) is 0 Å². The Balaban J connectivity index is 2.43. The van der Waals surface area contributed by atoms with Gasteiger partial charge in [0.1, 0.15) is 0 Å². The fourth-order valence-corrected chi connectivity index (χ4v) is 0.933. The summed E-state index contributed by atoms with van der Waals surface area (Å²) in [5, 5.41) is 6.55. The van der Waals surface area contributed by atoms with E-state index in [-0.39, 0.29) is 0 Å². The van der Waals surface area contributed by atoms with Crippen LogP contribution in [0.3, 0.4) is 0 Å². The van der Waals surface area contributed by atoms with Crippen LogP contribution in [0.4, 0.5) is 0 Å². The second-order valence-corrected chi connectivity index (χ2v) is 2.53. The van der Waals surface area contributed by atoms with Crippen LogP contribution in [0.25, 0.3) is 11.3 Å². The van der Waals surface area contributed by atoms with E-state index in [1.807, 2.05) is 6.92 Å². The maximum Gasteiger partial charge on any atom is 0.0916 e. The summed E-state index contributed by atoms with van der Waals surface area (Å²) in [5.74, 6) is 0. The molecule has 0 aliphatic heterocycles. The molecule has 0 spiro atoms. The van der Waals surface area contributed by atoms with Crippen molar-refractivity contribution < 1.29 is 0 Å². The molecule has 12 heavy (non-hydrogen) atoms. The van der Waals surface area contributed by atoms with E-state index in [4.69, 9.17) is 0 Å². The summed E-state index contributed by atoms with van der Waals surface area (Å²) in [4.78, 5) is 8.33. The maximum atomic E-state index is 4.20. The van der Waals surface area contributed by atoms with E-state index in [0.29, 0.717) is 0 Å². The first-order valence-corrected chi connectivity index (χ1v) is 3.64. The van der Waals surface area contributed by atoms with Crippen molar-refractivity contribution in [3.63, 3.8) is 0 Å². The SMILES string of the molecule is Cc1cnc(-c2cn[nH]c2)cn1. The molecular weight excluding hydrogens is 152 g/mol. The third kappa shape index (κ3) is 1.18. The lowest BCUT2D eigenvalue weighted by molar-refractivity contribution is 1.09. The average Bonchev–Trinajstić information content (AvgIpc) is 2.58. The summed E-state index contributed by atoms with van der Waals surface area (Å²) in [7, 11) is 0. The zero-order valence-electron chi connectivity index (χ0n) is 6.65. The molecule has 2 aromatic rings. The van der Waals surface area contributed by atoms with Gasteiger partial charge in [0.05, 0.1) is 23.8 Å². The number of aromatic amines is 1. The fourth-order valence-electron chi connectivity index (χ4n) is 0.933. The van der Waals surface area contributed by atoms with Gasteiger partial charge in [0, 0.05) is 18.0 Å². The van der Waals surface area contributed by atoms with Gasteiger partial charge in [0.2, 0.25) is 0 Å². The van der Waals surface area contributed by atoms with Crippen molar-refractivity contribution in [2.75, 3.05) is 0 Å². The van der Waals surface area contributed by atoms with Gasteiger partial charge in [-0.15, -0.1) is 0 Å². The Morgan fingerprint density at radius 3 is 2.67 bits per heavy atom. The largest absolute Gasteiger partial charge is 0.285 e. The van der Waals surface area contributed by atoms with Gasteiger partial charge in [0.25, 0.3) is 0 Å². The van der Waals surface area contributed by atoms with Gasteiger partial charge in [-0.3, -0.25) is 15.1 Å². The molecule has 60 valence electrons.